The van der Waals surface area contributed by atoms with E-state index in [1.807, 2.05) is 4.90 Å². The van der Waals surface area contributed by atoms with E-state index in [1.165, 1.54) is 18.4 Å². The molecular weight excluding hydrogens is 368 g/mol. The third-order valence-electron chi connectivity index (χ3n) is 5.34. The lowest BCUT2D eigenvalue weighted by atomic mass is 9.85. The smallest absolute Gasteiger partial charge is 0.325 e. The van der Waals surface area contributed by atoms with Crippen LogP contribution in [0.15, 0.2) is 30.5 Å². The van der Waals surface area contributed by atoms with Crippen molar-refractivity contribution in [1.29, 1.82) is 0 Å². The van der Waals surface area contributed by atoms with E-state index in [1.54, 1.807) is 17.7 Å². The van der Waals surface area contributed by atoms with Crippen LogP contribution in [-0.4, -0.2) is 59.6 Å². The second-order valence-electron chi connectivity index (χ2n) is 8.42. The van der Waals surface area contributed by atoms with Crippen molar-refractivity contribution in [3.8, 4) is 0 Å². The minimum atomic E-state index is -0.365. The number of para-hydroxylation sites is 1. The van der Waals surface area contributed by atoms with Crippen LogP contribution in [0.4, 0.5) is 5.69 Å². The fourth-order valence-electron chi connectivity index (χ4n) is 3.67. The molecule has 1 fully saturated rings. The van der Waals surface area contributed by atoms with Crippen molar-refractivity contribution in [3.05, 3.63) is 47.5 Å². The summed E-state index contributed by atoms with van der Waals surface area (Å²) in [7, 11) is 1.35. The Labute approximate surface area is 172 Å². The topological polar surface area (TPSA) is 67.7 Å². The third kappa shape index (κ3) is 4.60. The number of hydrogen-bond acceptors (Lipinski definition) is 5. The lowest BCUT2D eigenvalue weighted by Gasteiger charge is -2.38. The highest BCUT2D eigenvalue weighted by Crippen LogP contribution is 2.32. The van der Waals surface area contributed by atoms with E-state index in [4.69, 9.17) is 4.74 Å². The van der Waals surface area contributed by atoms with Crippen LogP contribution in [0.1, 0.15) is 42.6 Å². The maximum atomic E-state index is 12.9. The molecule has 1 aromatic carbocycles. The van der Waals surface area contributed by atoms with Crippen molar-refractivity contribution in [2.24, 2.45) is 0 Å². The van der Waals surface area contributed by atoms with Gasteiger partial charge in [-0.2, -0.15) is 0 Å². The molecule has 0 radical (unpaired) electrons. The molecule has 1 aliphatic rings. The van der Waals surface area contributed by atoms with Gasteiger partial charge in [0.05, 0.1) is 7.11 Å². The van der Waals surface area contributed by atoms with Gasteiger partial charge in [0.2, 0.25) is 0 Å². The number of carbonyl (C=O) groups excluding carboxylic acids is 2. The third-order valence-corrected chi connectivity index (χ3v) is 5.34. The molecular formula is C22H30N4O3. The summed E-state index contributed by atoms with van der Waals surface area (Å²) in [6.45, 7) is 11.3. The van der Waals surface area contributed by atoms with Gasteiger partial charge >= 0.3 is 5.97 Å². The summed E-state index contributed by atoms with van der Waals surface area (Å²) in [6.07, 6.45) is 1.63. The average molecular weight is 399 g/mol. The maximum absolute atomic E-state index is 12.9. The molecule has 0 saturated carbocycles. The Kier molecular flexibility index (Phi) is 5.96. The minimum absolute atomic E-state index is 0.0555. The van der Waals surface area contributed by atoms with Gasteiger partial charge < -0.3 is 19.1 Å². The highest BCUT2D eigenvalue weighted by atomic mass is 16.5. The Morgan fingerprint density at radius 2 is 1.76 bits per heavy atom. The number of imidazole rings is 1. The monoisotopic (exact) mass is 398 g/mol. The Morgan fingerprint density at radius 3 is 2.38 bits per heavy atom. The molecule has 0 atom stereocenters. The van der Waals surface area contributed by atoms with Crippen molar-refractivity contribution in [3.63, 3.8) is 0 Å². The van der Waals surface area contributed by atoms with E-state index in [0.29, 0.717) is 24.6 Å². The number of methoxy groups -OCH3 is 1. The van der Waals surface area contributed by atoms with Gasteiger partial charge in [-0.25, -0.2) is 4.98 Å². The summed E-state index contributed by atoms with van der Waals surface area (Å²) in [6, 6.07) is 8.50. The lowest BCUT2D eigenvalue weighted by Crippen LogP contribution is -2.49. The van der Waals surface area contributed by atoms with Gasteiger partial charge in [-0.1, -0.05) is 39.0 Å². The molecule has 1 amide bonds. The van der Waals surface area contributed by atoms with Crippen LogP contribution < -0.4 is 4.90 Å². The SMILES string of the molecule is COC(=O)Cn1cc(C(=O)N2CCN(c3ccccc3C(C)(C)C)CC2)nc1C. The fraction of sp³-hybridized carbons (Fsp3) is 0.500. The van der Waals surface area contributed by atoms with Crippen molar-refractivity contribution in [2.75, 3.05) is 38.2 Å². The van der Waals surface area contributed by atoms with Crippen LogP contribution in [-0.2, 0) is 21.5 Å². The number of aromatic nitrogens is 2. The molecule has 0 aliphatic carbocycles. The van der Waals surface area contributed by atoms with Gasteiger partial charge in [-0.05, 0) is 24.0 Å². The van der Waals surface area contributed by atoms with E-state index in [0.717, 1.165) is 13.1 Å². The first-order valence-electron chi connectivity index (χ1n) is 9.95. The van der Waals surface area contributed by atoms with Gasteiger partial charge in [0, 0.05) is 38.1 Å². The Morgan fingerprint density at radius 1 is 1.10 bits per heavy atom. The molecule has 2 aromatic rings. The number of hydrogen-bond donors (Lipinski definition) is 0. The summed E-state index contributed by atoms with van der Waals surface area (Å²) in [5.74, 6) is 0.160. The molecule has 0 unspecified atom stereocenters. The van der Waals surface area contributed by atoms with Gasteiger partial charge in [0.15, 0.2) is 0 Å². The second kappa shape index (κ2) is 8.27. The van der Waals surface area contributed by atoms with Crippen LogP contribution in [0.25, 0.3) is 0 Å². The molecule has 2 heterocycles. The van der Waals surface area contributed by atoms with Gasteiger partial charge in [-0.3, -0.25) is 9.59 Å². The number of benzene rings is 1. The highest BCUT2D eigenvalue weighted by Gasteiger charge is 2.27. The van der Waals surface area contributed by atoms with Gasteiger partial charge in [-0.15, -0.1) is 0 Å². The minimum Gasteiger partial charge on any atom is -0.468 e. The number of amides is 1. The summed E-state index contributed by atoms with van der Waals surface area (Å²) in [5.41, 5.74) is 2.99. The Bertz CT molecular complexity index is 890. The second-order valence-corrected chi connectivity index (χ2v) is 8.42. The molecule has 29 heavy (non-hydrogen) atoms. The predicted molar refractivity (Wildman–Crippen MR) is 112 cm³/mol. The van der Waals surface area contributed by atoms with E-state index in [2.05, 4.69) is 54.9 Å². The number of piperazine rings is 1. The number of nitrogens with zero attached hydrogens (tertiary/aromatic N) is 4. The molecule has 0 N–H and O–H groups in total. The zero-order valence-corrected chi connectivity index (χ0v) is 17.9. The van der Waals surface area contributed by atoms with Crippen LogP contribution in [0.3, 0.4) is 0 Å². The molecule has 7 heteroatoms. The Hall–Kier alpha value is -2.83. The number of aryl methyl sites for hydroxylation is 1. The average Bonchev–Trinajstić information content (AvgIpc) is 3.07. The number of esters is 1. The predicted octanol–water partition coefficient (Wildman–Crippen LogP) is 2.62. The lowest BCUT2D eigenvalue weighted by molar-refractivity contribution is -0.141. The number of anilines is 1. The molecule has 7 nitrogen and oxygen atoms in total. The summed E-state index contributed by atoms with van der Waals surface area (Å²) >= 11 is 0. The van der Waals surface area contributed by atoms with Crippen molar-refractivity contribution >= 4 is 17.6 Å². The first-order valence-corrected chi connectivity index (χ1v) is 9.95. The summed E-state index contributed by atoms with van der Waals surface area (Å²) in [5, 5.41) is 0. The fourth-order valence-corrected chi connectivity index (χ4v) is 3.67. The van der Waals surface area contributed by atoms with Crippen LogP contribution in [0.5, 0.6) is 0 Å². The molecule has 1 aromatic heterocycles. The number of carbonyl (C=O) groups is 2. The van der Waals surface area contributed by atoms with E-state index in [-0.39, 0.29) is 23.8 Å². The summed E-state index contributed by atoms with van der Waals surface area (Å²) < 4.78 is 6.34. The molecule has 1 saturated heterocycles. The van der Waals surface area contributed by atoms with Gasteiger partial charge in [0.1, 0.15) is 18.1 Å². The van der Waals surface area contributed by atoms with Crippen molar-refractivity contribution < 1.29 is 14.3 Å². The molecule has 3 rings (SSSR count). The molecule has 0 bridgehead atoms. The zero-order valence-electron chi connectivity index (χ0n) is 17.9. The standard InChI is InChI=1S/C22H30N4O3/c1-16-23-18(14-26(16)15-20(27)29-5)21(28)25-12-10-24(11-13-25)19-9-7-6-8-17(19)22(2,3)4/h6-9,14H,10-13,15H2,1-5H3. The zero-order chi connectivity index (χ0) is 21.2. The van der Waals surface area contributed by atoms with Gasteiger partial charge in [0.25, 0.3) is 5.91 Å². The highest BCUT2D eigenvalue weighted by molar-refractivity contribution is 5.92. The maximum Gasteiger partial charge on any atom is 0.325 e. The normalized spacial score (nSPS) is 14.8. The van der Waals surface area contributed by atoms with E-state index < -0.39 is 0 Å². The molecule has 156 valence electrons. The largest absolute Gasteiger partial charge is 0.468 e. The quantitative estimate of drug-likeness (QED) is 0.741. The van der Waals surface area contributed by atoms with Crippen LogP contribution in [0, 0.1) is 6.92 Å². The number of ether oxygens (including phenoxy) is 1. The Balaban J connectivity index is 1.68. The molecule has 1 aliphatic heterocycles. The van der Waals surface area contributed by atoms with E-state index >= 15 is 0 Å². The first-order chi connectivity index (χ1) is 13.7. The molecule has 0 spiro atoms. The summed E-state index contributed by atoms with van der Waals surface area (Å²) in [4.78, 5) is 33.0. The first kappa shape index (κ1) is 20.9. The van der Waals surface area contributed by atoms with Crippen LogP contribution >= 0.6 is 0 Å². The van der Waals surface area contributed by atoms with E-state index in [9.17, 15) is 9.59 Å². The van der Waals surface area contributed by atoms with Crippen molar-refractivity contribution in [2.45, 2.75) is 39.7 Å². The number of rotatable bonds is 4. The van der Waals surface area contributed by atoms with Crippen LogP contribution in [0.2, 0.25) is 0 Å². The van der Waals surface area contributed by atoms with Crippen molar-refractivity contribution in [1.82, 2.24) is 14.5 Å².